The number of guanidine groups is 1. The van der Waals surface area contributed by atoms with Crippen LogP contribution in [0.3, 0.4) is 0 Å². The van der Waals surface area contributed by atoms with Gasteiger partial charge in [0.05, 0.1) is 19.2 Å². The summed E-state index contributed by atoms with van der Waals surface area (Å²) in [5.74, 6) is 2.43. The predicted octanol–water partition coefficient (Wildman–Crippen LogP) is 6.97. The van der Waals surface area contributed by atoms with Crippen molar-refractivity contribution < 1.29 is 22.6 Å². The highest BCUT2D eigenvalue weighted by Gasteiger charge is 2.31. The van der Waals surface area contributed by atoms with Gasteiger partial charge in [-0.05, 0) is 66.8 Å². The number of methoxy groups -OCH3 is 1. The molecule has 0 bridgehead atoms. The second kappa shape index (κ2) is 13.8. The fourth-order valence-corrected chi connectivity index (χ4v) is 5.36. The lowest BCUT2D eigenvalue weighted by Gasteiger charge is -2.34. The minimum atomic E-state index is -4.36. The number of alkyl halides is 3. The Kier molecular flexibility index (Phi) is 9.69. The summed E-state index contributed by atoms with van der Waals surface area (Å²) in [6.07, 6.45) is -1.77. The van der Waals surface area contributed by atoms with Crippen molar-refractivity contribution in [2.75, 3.05) is 33.3 Å². The monoisotopic (exact) mass is 590 g/mol. The molecule has 5 rings (SSSR count). The summed E-state index contributed by atoms with van der Waals surface area (Å²) >= 11 is 0. The fraction of sp³-hybridized carbons (Fsp3) is 0.353. The van der Waals surface area contributed by atoms with Crippen LogP contribution in [0, 0.1) is 5.92 Å². The van der Waals surface area contributed by atoms with E-state index in [1.807, 2.05) is 54.6 Å². The van der Waals surface area contributed by atoms with E-state index in [0.717, 1.165) is 72.6 Å². The molecule has 1 fully saturated rings. The van der Waals surface area contributed by atoms with Gasteiger partial charge in [0.2, 0.25) is 5.96 Å². The average Bonchev–Trinajstić information content (AvgIpc) is 3.53. The zero-order valence-corrected chi connectivity index (χ0v) is 24.4. The molecule has 0 amide bonds. The van der Waals surface area contributed by atoms with Gasteiger partial charge in [0.15, 0.2) is 5.88 Å². The second-order valence-electron chi connectivity index (χ2n) is 10.9. The summed E-state index contributed by atoms with van der Waals surface area (Å²) in [6, 6.07) is 23.3. The first-order valence-corrected chi connectivity index (χ1v) is 14.5. The van der Waals surface area contributed by atoms with Gasteiger partial charge in [-0.3, -0.25) is 0 Å². The van der Waals surface area contributed by atoms with Gasteiger partial charge in [-0.15, -0.1) is 0 Å². The van der Waals surface area contributed by atoms with Crippen LogP contribution < -0.4 is 4.74 Å². The Morgan fingerprint density at radius 2 is 1.60 bits per heavy atom. The summed E-state index contributed by atoms with van der Waals surface area (Å²) in [4.78, 5) is 14.0. The molecule has 2 aliphatic rings. The molecule has 6 nitrogen and oxygen atoms in total. The van der Waals surface area contributed by atoms with E-state index in [2.05, 4.69) is 16.4 Å². The summed E-state index contributed by atoms with van der Waals surface area (Å²) in [5, 5.41) is 0. The van der Waals surface area contributed by atoms with Crippen LogP contribution in [0.5, 0.6) is 5.75 Å². The van der Waals surface area contributed by atoms with Gasteiger partial charge >= 0.3 is 6.18 Å². The smallest absolute Gasteiger partial charge is 0.416 e. The second-order valence-corrected chi connectivity index (χ2v) is 10.9. The first-order chi connectivity index (χ1) is 20.8. The number of halogens is 3. The van der Waals surface area contributed by atoms with Crippen molar-refractivity contribution in [1.82, 2.24) is 9.80 Å². The number of likely N-dealkylation sites (tertiary alicyclic amines) is 1. The van der Waals surface area contributed by atoms with E-state index in [0.29, 0.717) is 44.0 Å². The van der Waals surface area contributed by atoms with E-state index >= 15 is 0 Å². The van der Waals surface area contributed by atoms with Crippen molar-refractivity contribution in [2.45, 2.75) is 38.6 Å². The Labute approximate surface area is 251 Å². The summed E-state index contributed by atoms with van der Waals surface area (Å²) in [5.41, 5.74) is 3.42. The molecule has 0 radical (unpaired) electrons. The van der Waals surface area contributed by atoms with Gasteiger partial charge in [0.25, 0.3) is 0 Å². The molecular weight excluding hydrogens is 553 g/mol. The Balaban J connectivity index is 1.21. The predicted molar refractivity (Wildman–Crippen MR) is 163 cm³/mol. The number of ether oxygens (including phenoxy) is 2. The van der Waals surface area contributed by atoms with Crippen LogP contribution in [0.4, 0.5) is 13.2 Å². The Hall–Kier alpha value is -4.27. The van der Waals surface area contributed by atoms with Crippen molar-refractivity contribution in [3.63, 3.8) is 0 Å². The molecule has 43 heavy (non-hydrogen) atoms. The highest BCUT2D eigenvalue weighted by atomic mass is 19.4. The van der Waals surface area contributed by atoms with Crippen molar-refractivity contribution >= 4 is 11.7 Å². The molecule has 0 atom stereocenters. The molecule has 0 N–H and O–H groups in total. The molecule has 0 aliphatic carbocycles. The Morgan fingerprint density at radius 3 is 2.26 bits per heavy atom. The quantitative estimate of drug-likeness (QED) is 0.227. The van der Waals surface area contributed by atoms with E-state index in [4.69, 9.17) is 19.5 Å². The maximum Gasteiger partial charge on any atom is 0.416 e. The summed E-state index contributed by atoms with van der Waals surface area (Å²) < 4.78 is 50.6. The highest BCUT2D eigenvalue weighted by Crippen LogP contribution is 2.30. The average molecular weight is 591 g/mol. The highest BCUT2D eigenvalue weighted by molar-refractivity contribution is 6.04. The van der Waals surface area contributed by atoms with Crippen LogP contribution in [0.1, 0.15) is 35.1 Å². The number of benzene rings is 3. The molecule has 226 valence electrons. The molecule has 2 aliphatic heterocycles. The van der Waals surface area contributed by atoms with Crippen LogP contribution >= 0.6 is 0 Å². The summed E-state index contributed by atoms with van der Waals surface area (Å²) in [7, 11) is 1.63. The van der Waals surface area contributed by atoms with E-state index in [1.54, 1.807) is 7.11 Å². The molecule has 0 unspecified atom stereocenters. The molecule has 2 heterocycles. The van der Waals surface area contributed by atoms with Crippen molar-refractivity contribution in [3.05, 3.63) is 114 Å². The van der Waals surface area contributed by atoms with Crippen LogP contribution in [0.15, 0.2) is 101 Å². The van der Waals surface area contributed by atoms with Crippen LogP contribution in [0.2, 0.25) is 0 Å². The Bertz CT molecular complexity index is 1410. The SMILES string of the molecule is C=C(OCc1ccccc1)N1CCC(C2=NC(N(CCc3ccc(OC)cc3)Cc3ccc(C(F)(F)F)cc3)=NC2)CC1. The summed E-state index contributed by atoms with van der Waals surface area (Å²) in [6.45, 7) is 7.88. The van der Waals surface area contributed by atoms with Gasteiger partial charge in [-0.1, -0.05) is 54.6 Å². The van der Waals surface area contributed by atoms with Gasteiger partial charge in [0, 0.05) is 37.8 Å². The number of hydrogen-bond acceptors (Lipinski definition) is 6. The van der Waals surface area contributed by atoms with Crippen molar-refractivity contribution in [1.29, 1.82) is 0 Å². The van der Waals surface area contributed by atoms with Gasteiger partial charge in [0.1, 0.15) is 12.4 Å². The third-order valence-corrected chi connectivity index (χ3v) is 7.96. The number of nitrogens with zero attached hydrogens (tertiary/aromatic N) is 4. The topological polar surface area (TPSA) is 49.7 Å². The molecule has 0 aromatic heterocycles. The first kappa shape index (κ1) is 30.2. The lowest BCUT2D eigenvalue weighted by atomic mass is 9.92. The number of rotatable bonds is 11. The lowest BCUT2D eigenvalue weighted by molar-refractivity contribution is -0.137. The maximum absolute atomic E-state index is 13.1. The van der Waals surface area contributed by atoms with Gasteiger partial charge < -0.3 is 19.3 Å². The molecular formula is C34H37F3N4O2. The number of hydrogen-bond donors (Lipinski definition) is 0. The molecule has 3 aromatic carbocycles. The van der Waals surface area contributed by atoms with Gasteiger partial charge in [-0.2, -0.15) is 13.2 Å². The fourth-order valence-electron chi connectivity index (χ4n) is 5.36. The lowest BCUT2D eigenvalue weighted by Crippen LogP contribution is -2.36. The number of aliphatic imine (C=N–C) groups is 2. The largest absolute Gasteiger partial charge is 0.497 e. The van der Waals surface area contributed by atoms with Crippen molar-refractivity contribution in [2.24, 2.45) is 15.9 Å². The van der Waals surface area contributed by atoms with Crippen LogP contribution in [-0.4, -0.2) is 54.8 Å². The van der Waals surface area contributed by atoms with Crippen LogP contribution in [0.25, 0.3) is 0 Å². The molecule has 9 heteroatoms. The van der Waals surface area contributed by atoms with Crippen LogP contribution in [-0.2, 0) is 30.5 Å². The molecule has 0 spiro atoms. The normalized spacial score (nSPS) is 15.6. The molecule has 1 saturated heterocycles. The van der Waals surface area contributed by atoms with E-state index in [9.17, 15) is 13.2 Å². The first-order valence-electron chi connectivity index (χ1n) is 14.5. The van der Waals surface area contributed by atoms with Crippen molar-refractivity contribution in [3.8, 4) is 5.75 Å². The van der Waals surface area contributed by atoms with E-state index < -0.39 is 11.7 Å². The zero-order valence-electron chi connectivity index (χ0n) is 24.4. The minimum Gasteiger partial charge on any atom is -0.497 e. The zero-order chi connectivity index (χ0) is 30.2. The number of piperidine rings is 1. The third kappa shape index (κ3) is 8.18. The molecule has 3 aromatic rings. The van der Waals surface area contributed by atoms with Gasteiger partial charge in [-0.25, -0.2) is 9.98 Å². The van der Waals surface area contributed by atoms with E-state index in [1.165, 1.54) is 12.1 Å². The maximum atomic E-state index is 13.1. The van der Waals surface area contributed by atoms with E-state index in [-0.39, 0.29) is 0 Å². The Morgan fingerprint density at radius 1 is 0.930 bits per heavy atom. The molecule has 0 saturated carbocycles. The minimum absolute atomic E-state index is 0.314. The third-order valence-electron chi connectivity index (χ3n) is 7.96. The standard InChI is InChI=1S/C34H37F3N4O2/c1-25(43-24-28-6-4-3-5-7-28)40-20-17-29(18-21-40)32-22-38-33(39-32)41(19-16-26-10-14-31(42-2)15-11-26)23-27-8-12-30(13-9-27)34(35,36)37/h3-15,29H,1,16-24H2,2H3.